The van der Waals surface area contributed by atoms with Gasteiger partial charge in [-0.2, -0.15) is 0 Å². The van der Waals surface area contributed by atoms with E-state index in [4.69, 9.17) is 5.73 Å². The molecule has 0 aromatic heterocycles. The molecule has 0 bridgehead atoms. The summed E-state index contributed by atoms with van der Waals surface area (Å²) < 4.78 is 0. The molecule has 0 aromatic carbocycles. The molecule has 1 amide bonds. The maximum absolute atomic E-state index is 11.3. The molecule has 78 valence electrons. The van der Waals surface area contributed by atoms with E-state index in [1.165, 1.54) is 0 Å². The smallest absolute Gasteiger partial charge is 0.236 e. The van der Waals surface area contributed by atoms with E-state index < -0.39 is 0 Å². The van der Waals surface area contributed by atoms with Crippen LogP contribution in [0.25, 0.3) is 0 Å². The van der Waals surface area contributed by atoms with Crippen molar-refractivity contribution >= 4 is 5.91 Å². The van der Waals surface area contributed by atoms with Gasteiger partial charge in [-0.05, 0) is 18.3 Å². The summed E-state index contributed by atoms with van der Waals surface area (Å²) in [7, 11) is 0. The zero-order chi connectivity index (χ0) is 10.4. The minimum atomic E-state index is -0.348. The van der Waals surface area contributed by atoms with Gasteiger partial charge in [-0.1, -0.05) is 27.7 Å². The normalized spacial score (nSPS) is 13.5. The molecule has 0 spiro atoms. The second kappa shape index (κ2) is 5.97. The Labute approximate surface area is 81.1 Å². The van der Waals surface area contributed by atoms with Gasteiger partial charge in [0.15, 0.2) is 0 Å². The Bertz CT molecular complexity index is 155. The molecule has 0 rings (SSSR count). The van der Waals surface area contributed by atoms with Gasteiger partial charge in [-0.25, -0.2) is 0 Å². The monoisotopic (exact) mass is 186 g/mol. The Morgan fingerprint density at radius 2 is 1.77 bits per heavy atom. The largest absolute Gasteiger partial charge is 0.354 e. The summed E-state index contributed by atoms with van der Waals surface area (Å²) in [4.78, 5) is 11.3. The minimum absolute atomic E-state index is 0.0256. The van der Waals surface area contributed by atoms with Crippen LogP contribution in [-0.4, -0.2) is 18.5 Å². The number of carbonyl (C=O) groups excluding carboxylic acids is 1. The summed E-state index contributed by atoms with van der Waals surface area (Å²) in [6.07, 6.45) is 0.754. The van der Waals surface area contributed by atoms with Gasteiger partial charge in [0, 0.05) is 6.54 Å². The van der Waals surface area contributed by atoms with E-state index in [-0.39, 0.29) is 11.9 Å². The molecular weight excluding hydrogens is 164 g/mol. The third-order valence-electron chi connectivity index (χ3n) is 1.75. The highest BCUT2D eigenvalue weighted by Crippen LogP contribution is 2.02. The summed E-state index contributed by atoms with van der Waals surface area (Å²) in [6.45, 7) is 8.97. The second-order valence-electron chi connectivity index (χ2n) is 4.38. The van der Waals surface area contributed by atoms with Crippen molar-refractivity contribution in [1.82, 2.24) is 5.32 Å². The molecule has 0 aliphatic heterocycles. The summed E-state index contributed by atoms with van der Waals surface area (Å²) in [5.74, 6) is 0.928. The molecule has 13 heavy (non-hydrogen) atoms. The first-order valence-corrected chi connectivity index (χ1v) is 4.96. The van der Waals surface area contributed by atoms with Crippen molar-refractivity contribution in [1.29, 1.82) is 0 Å². The number of carbonyl (C=O) groups is 1. The van der Waals surface area contributed by atoms with Crippen molar-refractivity contribution < 1.29 is 4.79 Å². The highest BCUT2D eigenvalue weighted by molar-refractivity contribution is 5.81. The van der Waals surface area contributed by atoms with E-state index in [1.54, 1.807) is 0 Å². The maximum atomic E-state index is 11.3. The Kier molecular flexibility index (Phi) is 5.71. The molecule has 0 fully saturated rings. The molecule has 0 aliphatic carbocycles. The van der Waals surface area contributed by atoms with Gasteiger partial charge in [0.1, 0.15) is 0 Å². The van der Waals surface area contributed by atoms with E-state index >= 15 is 0 Å². The molecule has 0 aliphatic rings. The molecule has 0 unspecified atom stereocenters. The molecule has 3 nitrogen and oxygen atoms in total. The van der Waals surface area contributed by atoms with Crippen LogP contribution in [0.4, 0.5) is 0 Å². The number of hydrogen-bond acceptors (Lipinski definition) is 2. The fraction of sp³-hybridized carbons (Fsp3) is 0.900. The molecule has 0 heterocycles. The van der Waals surface area contributed by atoms with Crippen LogP contribution in [0.5, 0.6) is 0 Å². The van der Waals surface area contributed by atoms with Gasteiger partial charge in [0.2, 0.25) is 5.91 Å². The minimum Gasteiger partial charge on any atom is -0.354 e. The average molecular weight is 186 g/mol. The Morgan fingerprint density at radius 3 is 2.15 bits per heavy atom. The van der Waals surface area contributed by atoms with Gasteiger partial charge < -0.3 is 11.1 Å². The molecule has 0 aromatic rings. The van der Waals surface area contributed by atoms with E-state index in [0.29, 0.717) is 18.4 Å². The van der Waals surface area contributed by atoms with Crippen molar-refractivity contribution in [2.24, 2.45) is 17.6 Å². The van der Waals surface area contributed by atoms with Crippen molar-refractivity contribution in [3.8, 4) is 0 Å². The van der Waals surface area contributed by atoms with Gasteiger partial charge in [-0.15, -0.1) is 0 Å². The summed E-state index contributed by atoms with van der Waals surface area (Å²) >= 11 is 0. The van der Waals surface area contributed by atoms with Crippen LogP contribution < -0.4 is 11.1 Å². The molecule has 0 radical (unpaired) electrons. The third kappa shape index (κ3) is 6.58. The fourth-order valence-electron chi connectivity index (χ4n) is 1.05. The highest BCUT2D eigenvalue weighted by atomic mass is 16.2. The zero-order valence-corrected chi connectivity index (χ0v) is 9.13. The van der Waals surface area contributed by atoms with Crippen LogP contribution in [0.3, 0.4) is 0 Å². The first-order valence-electron chi connectivity index (χ1n) is 4.96. The second-order valence-corrected chi connectivity index (χ2v) is 4.38. The lowest BCUT2D eigenvalue weighted by atomic mass is 10.0. The van der Waals surface area contributed by atoms with Gasteiger partial charge >= 0.3 is 0 Å². The van der Waals surface area contributed by atoms with Crippen molar-refractivity contribution in [2.75, 3.05) is 6.54 Å². The maximum Gasteiger partial charge on any atom is 0.236 e. The number of hydrogen-bond donors (Lipinski definition) is 2. The predicted octanol–water partition coefficient (Wildman–Crippen LogP) is 1.13. The van der Waals surface area contributed by atoms with Crippen molar-refractivity contribution in [3.63, 3.8) is 0 Å². The molecule has 1 atom stereocenters. The summed E-state index contributed by atoms with van der Waals surface area (Å²) in [6, 6.07) is -0.348. The van der Waals surface area contributed by atoms with Crippen LogP contribution in [0.1, 0.15) is 34.1 Å². The van der Waals surface area contributed by atoms with Crippen LogP contribution in [-0.2, 0) is 4.79 Å². The first-order chi connectivity index (χ1) is 5.93. The average Bonchev–Trinajstić information content (AvgIpc) is 1.98. The van der Waals surface area contributed by atoms with Crippen molar-refractivity contribution in [2.45, 2.75) is 40.2 Å². The lowest BCUT2D eigenvalue weighted by molar-refractivity contribution is -0.122. The Hall–Kier alpha value is -0.570. The zero-order valence-electron chi connectivity index (χ0n) is 9.13. The number of nitrogens with two attached hydrogens (primary N) is 1. The highest BCUT2D eigenvalue weighted by Gasteiger charge is 2.14. The SMILES string of the molecule is CC(C)CNC(=O)[C@H](N)CC(C)C. The van der Waals surface area contributed by atoms with Crippen LogP contribution in [0, 0.1) is 11.8 Å². The van der Waals surface area contributed by atoms with Crippen LogP contribution in [0.2, 0.25) is 0 Å². The summed E-state index contributed by atoms with van der Waals surface area (Å²) in [5.41, 5.74) is 5.69. The molecule has 0 saturated heterocycles. The van der Waals surface area contributed by atoms with E-state index in [1.807, 2.05) is 0 Å². The van der Waals surface area contributed by atoms with Crippen LogP contribution in [0.15, 0.2) is 0 Å². The Balaban J connectivity index is 3.69. The van der Waals surface area contributed by atoms with Crippen LogP contribution >= 0.6 is 0 Å². The van der Waals surface area contributed by atoms with Crippen molar-refractivity contribution in [3.05, 3.63) is 0 Å². The number of rotatable bonds is 5. The third-order valence-corrected chi connectivity index (χ3v) is 1.75. The molecule has 0 saturated carbocycles. The van der Waals surface area contributed by atoms with E-state index in [9.17, 15) is 4.79 Å². The molecular formula is C10H22N2O. The first kappa shape index (κ1) is 12.4. The Morgan fingerprint density at radius 1 is 1.23 bits per heavy atom. The quantitative estimate of drug-likeness (QED) is 0.676. The van der Waals surface area contributed by atoms with E-state index in [2.05, 4.69) is 33.0 Å². The van der Waals surface area contributed by atoms with Gasteiger partial charge in [0.25, 0.3) is 0 Å². The molecule has 3 N–H and O–H groups in total. The fourth-order valence-corrected chi connectivity index (χ4v) is 1.05. The van der Waals surface area contributed by atoms with E-state index in [0.717, 1.165) is 6.42 Å². The lowest BCUT2D eigenvalue weighted by Gasteiger charge is -2.14. The summed E-state index contributed by atoms with van der Waals surface area (Å²) in [5, 5.41) is 2.82. The topological polar surface area (TPSA) is 55.1 Å². The standard InChI is InChI=1S/C10H22N2O/c1-7(2)5-9(11)10(13)12-6-8(3)4/h7-9H,5-6,11H2,1-4H3,(H,12,13)/t9-/m1/s1. The van der Waals surface area contributed by atoms with Gasteiger partial charge in [-0.3, -0.25) is 4.79 Å². The predicted molar refractivity (Wildman–Crippen MR) is 55.3 cm³/mol. The number of amides is 1. The molecule has 3 heteroatoms. The number of nitrogens with one attached hydrogen (secondary N) is 1. The van der Waals surface area contributed by atoms with Gasteiger partial charge in [0.05, 0.1) is 6.04 Å². The lowest BCUT2D eigenvalue weighted by Crippen LogP contribution is -2.42.